The van der Waals surface area contributed by atoms with Gasteiger partial charge in [0, 0.05) is 45.2 Å². The van der Waals surface area contributed by atoms with Crippen molar-refractivity contribution < 1.29 is 0 Å². The first-order valence-electron chi connectivity index (χ1n) is 15.5. The van der Waals surface area contributed by atoms with E-state index in [0.717, 1.165) is 50.4 Å². The molecule has 3 heterocycles. The van der Waals surface area contributed by atoms with Gasteiger partial charge in [0.05, 0.1) is 22.6 Å². The Hall–Kier alpha value is -6.19. The summed E-state index contributed by atoms with van der Waals surface area (Å²) in [5, 5.41) is 8.63. The van der Waals surface area contributed by atoms with E-state index in [0.29, 0.717) is 0 Å². The topological polar surface area (TPSA) is 38.7 Å². The van der Waals surface area contributed by atoms with Crippen LogP contribution < -0.4 is 0 Å². The Kier molecular flexibility index (Phi) is 6.14. The third-order valence-corrected chi connectivity index (χ3v) is 8.95. The lowest BCUT2D eigenvalue weighted by molar-refractivity contribution is 1.29. The minimum absolute atomic E-state index is 0.935. The van der Waals surface area contributed by atoms with Crippen LogP contribution in [-0.4, -0.2) is 15.0 Å². The molecule has 3 aromatic heterocycles. The van der Waals surface area contributed by atoms with Gasteiger partial charge in [-0.25, -0.2) is 9.97 Å². The quantitative estimate of drug-likeness (QED) is 0.193. The molecule has 0 bridgehead atoms. The number of pyridine rings is 3. The Morgan fingerprint density at radius 1 is 0.326 bits per heavy atom. The van der Waals surface area contributed by atoms with Crippen molar-refractivity contribution in [2.45, 2.75) is 0 Å². The van der Waals surface area contributed by atoms with Gasteiger partial charge in [0.25, 0.3) is 0 Å². The lowest BCUT2D eigenvalue weighted by atomic mass is 9.89. The summed E-state index contributed by atoms with van der Waals surface area (Å²) in [5.41, 5.74) is 9.42. The van der Waals surface area contributed by atoms with Crippen LogP contribution in [0.4, 0.5) is 0 Å². The highest BCUT2D eigenvalue weighted by atomic mass is 14.7. The summed E-state index contributed by atoms with van der Waals surface area (Å²) >= 11 is 0. The Morgan fingerprint density at radius 3 is 1.63 bits per heavy atom. The van der Waals surface area contributed by atoms with Gasteiger partial charge in [0.1, 0.15) is 0 Å². The molecule has 214 valence electrons. The van der Waals surface area contributed by atoms with Crippen molar-refractivity contribution in [3.8, 4) is 44.9 Å². The standard InChI is InChI=1S/C43H27N3/c1-3-13-35-33(11-1)34-12-2-4-14-36(34)42-41(35)37-15-5-6-16-40(37)46-43(42)30-21-19-28(20-22-30)31-9-7-10-32(27-31)39-18-8-17-38(45-39)29-23-25-44-26-24-29/h1-27H. The van der Waals surface area contributed by atoms with Gasteiger partial charge in [-0.1, -0.05) is 115 Å². The molecule has 3 heteroatoms. The number of aromatic nitrogens is 3. The zero-order valence-electron chi connectivity index (χ0n) is 24.9. The fourth-order valence-corrected chi connectivity index (χ4v) is 6.79. The molecular weight excluding hydrogens is 558 g/mol. The Labute approximate surface area is 266 Å². The van der Waals surface area contributed by atoms with E-state index in [1.165, 1.54) is 37.7 Å². The van der Waals surface area contributed by atoms with E-state index in [2.05, 4.69) is 138 Å². The minimum Gasteiger partial charge on any atom is -0.265 e. The van der Waals surface area contributed by atoms with Gasteiger partial charge >= 0.3 is 0 Å². The number of benzene rings is 6. The van der Waals surface area contributed by atoms with E-state index in [1.54, 1.807) is 12.4 Å². The lowest BCUT2D eigenvalue weighted by Gasteiger charge is -2.16. The predicted molar refractivity (Wildman–Crippen MR) is 192 cm³/mol. The van der Waals surface area contributed by atoms with Crippen molar-refractivity contribution in [2.24, 2.45) is 0 Å². The van der Waals surface area contributed by atoms with Gasteiger partial charge in [-0.15, -0.1) is 0 Å². The van der Waals surface area contributed by atoms with Crippen LogP contribution in [0.3, 0.4) is 0 Å². The second-order valence-corrected chi connectivity index (χ2v) is 11.6. The van der Waals surface area contributed by atoms with E-state index in [9.17, 15) is 0 Å². The van der Waals surface area contributed by atoms with Gasteiger partial charge < -0.3 is 0 Å². The second kappa shape index (κ2) is 10.8. The monoisotopic (exact) mass is 585 g/mol. The fourth-order valence-electron chi connectivity index (χ4n) is 6.79. The van der Waals surface area contributed by atoms with Crippen LogP contribution in [0, 0.1) is 0 Å². The molecule has 0 unspecified atom stereocenters. The van der Waals surface area contributed by atoms with E-state index in [-0.39, 0.29) is 0 Å². The number of nitrogens with zero attached hydrogens (tertiary/aromatic N) is 3. The number of hydrogen-bond acceptors (Lipinski definition) is 3. The van der Waals surface area contributed by atoms with E-state index >= 15 is 0 Å². The van der Waals surface area contributed by atoms with E-state index in [1.807, 2.05) is 18.2 Å². The Morgan fingerprint density at radius 2 is 0.891 bits per heavy atom. The van der Waals surface area contributed by atoms with Crippen molar-refractivity contribution in [3.05, 3.63) is 164 Å². The molecule has 6 aromatic carbocycles. The van der Waals surface area contributed by atoms with E-state index in [4.69, 9.17) is 9.97 Å². The predicted octanol–water partition coefficient (Wildman–Crippen LogP) is 11.2. The average Bonchev–Trinajstić information content (AvgIpc) is 3.15. The molecule has 0 saturated heterocycles. The largest absolute Gasteiger partial charge is 0.265 e. The van der Waals surface area contributed by atoms with Crippen LogP contribution in [0.2, 0.25) is 0 Å². The van der Waals surface area contributed by atoms with Crippen LogP contribution in [0.1, 0.15) is 0 Å². The molecule has 0 atom stereocenters. The van der Waals surface area contributed by atoms with Crippen LogP contribution in [-0.2, 0) is 0 Å². The highest BCUT2D eigenvalue weighted by Gasteiger charge is 2.17. The summed E-state index contributed by atoms with van der Waals surface area (Å²) < 4.78 is 0. The van der Waals surface area contributed by atoms with Crippen molar-refractivity contribution in [2.75, 3.05) is 0 Å². The zero-order chi connectivity index (χ0) is 30.5. The first-order chi connectivity index (χ1) is 22.8. The number of hydrogen-bond donors (Lipinski definition) is 0. The molecule has 0 fully saturated rings. The smallest absolute Gasteiger partial charge is 0.0794 e. The molecule has 9 rings (SSSR count). The summed E-state index contributed by atoms with van der Waals surface area (Å²) in [5.74, 6) is 0. The van der Waals surface area contributed by atoms with Gasteiger partial charge in [0.2, 0.25) is 0 Å². The summed E-state index contributed by atoms with van der Waals surface area (Å²) in [4.78, 5) is 14.4. The molecule has 9 aromatic rings. The fraction of sp³-hybridized carbons (Fsp3) is 0. The number of para-hydroxylation sites is 1. The van der Waals surface area contributed by atoms with Crippen molar-refractivity contribution >= 4 is 43.2 Å². The molecule has 0 saturated carbocycles. The molecule has 3 nitrogen and oxygen atoms in total. The van der Waals surface area contributed by atoms with Gasteiger partial charge in [0.15, 0.2) is 0 Å². The number of rotatable bonds is 4. The summed E-state index contributed by atoms with van der Waals surface area (Å²) in [6.07, 6.45) is 3.60. The Balaban J connectivity index is 1.18. The van der Waals surface area contributed by atoms with Crippen LogP contribution in [0.15, 0.2) is 164 Å². The second-order valence-electron chi connectivity index (χ2n) is 11.6. The third kappa shape index (κ3) is 4.33. The lowest BCUT2D eigenvalue weighted by Crippen LogP contribution is -1.93. The normalized spacial score (nSPS) is 11.5. The maximum Gasteiger partial charge on any atom is 0.0794 e. The summed E-state index contributed by atoms with van der Waals surface area (Å²) in [6.45, 7) is 0. The van der Waals surface area contributed by atoms with Crippen LogP contribution >= 0.6 is 0 Å². The summed E-state index contributed by atoms with van der Waals surface area (Å²) in [6, 6.07) is 53.6. The van der Waals surface area contributed by atoms with E-state index < -0.39 is 0 Å². The van der Waals surface area contributed by atoms with Crippen molar-refractivity contribution in [3.63, 3.8) is 0 Å². The molecule has 0 aliphatic rings. The highest BCUT2D eigenvalue weighted by Crippen LogP contribution is 2.42. The molecule has 0 radical (unpaired) electrons. The number of fused-ring (bicyclic) bond motifs is 8. The van der Waals surface area contributed by atoms with Gasteiger partial charge in [-0.2, -0.15) is 0 Å². The molecule has 46 heavy (non-hydrogen) atoms. The SMILES string of the molecule is c1cc(-c2ccc(-c3nc4ccccc4c4c5ccccc5c5ccccc5c34)cc2)cc(-c2cccc(-c3ccncc3)n2)c1. The molecule has 0 N–H and O–H groups in total. The Bertz CT molecular complexity index is 2570. The average molecular weight is 586 g/mol. The first-order valence-corrected chi connectivity index (χ1v) is 15.5. The minimum atomic E-state index is 0.935. The van der Waals surface area contributed by atoms with Crippen molar-refractivity contribution in [1.29, 1.82) is 0 Å². The molecule has 0 aliphatic heterocycles. The highest BCUT2D eigenvalue weighted by molar-refractivity contribution is 6.33. The van der Waals surface area contributed by atoms with Crippen LogP contribution in [0.5, 0.6) is 0 Å². The first kappa shape index (κ1) is 26.2. The molecule has 0 spiro atoms. The molecular formula is C43H27N3. The summed E-state index contributed by atoms with van der Waals surface area (Å²) in [7, 11) is 0. The maximum atomic E-state index is 5.31. The van der Waals surface area contributed by atoms with Gasteiger partial charge in [-0.05, 0) is 69.1 Å². The zero-order valence-corrected chi connectivity index (χ0v) is 24.9. The third-order valence-electron chi connectivity index (χ3n) is 8.95. The van der Waals surface area contributed by atoms with Gasteiger partial charge in [-0.3, -0.25) is 4.98 Å². The molecule has 0 amide bonds. The van der Waals surface area contributed by atoms with Crippen LogP contribution in [0.25, 0.3) is 88.1 Å². The van der Waals surface area contributed by atoms with Crippen molar-refractivity contribution in [1.82, 2.24) is 15.0 Å². The maximum absolute atomic E-state index is 5.31. The molecule has 0 aliphatic carbocycles.